The summed E-state index contributed by atoms with van der Waals surface area (Å²) in [6.07, 6.45) is 0.775. The number of esters is 4. The Bertz CT molecular complexity index is 2760. The SMILES string of the molecule is CCOC(=O)C[C@@](C)(B1OC(C)(C)C(C)(C)O1)c1ccc(Br)cc1.CCOC(=O)C[C@@](C)(B1OC(C)(C)C(C)(C)O1)c1ccc(Br)cc1.CCOC(=O)C[C@@](C)(B1OC(C)(C)C(C)(C)O1)c1ccc(Br)cc1.CCOC(=O)C[C@@](C)(B1OC(C)(C)C(C)(C)O1)c1ccc(Br)cc1. The maximum Gasteiger partial charge on any atom is 0.469 e. The highest BCUT2D eigenvalue weighted by atomic mass is 79.9. The van der Waals surface area contributed by atoms with Crippen molar-refractivity contribution in [1.82, 2.24) is 0 Å². The molecule has 4 atom stereocenters. The summed E-state index contributed by atoms with van der Waals surface area (Å²) in [4.78, 5) is 48.9. The molecule has 0 amide bonds. The highest BCUT2D eigenvalue weighted by Crippen LogP contribution is 2.49. The smallest absolute Gasteiger partial charge is 0.466 e. The van der Waals surface area contributed by atoms with E-state index in [-0.39, 0.29) is 49.6 Å². The van der Waals surface area contributed by atoms with Gasteiger partial charge in [-0.2, -0.15) is 0 Å². The molecular weight excluding hydrogens is 1480 g/mol. The molecule has 0 saturated carbocycles. The average molecular weight is 1590 g/mol. The molecule has 0 aliphatic carbocycles. The standard InChI is InChI=1S/4C18H26BBrO4/c4*1-7-22-15(21)12-18(6,13-8-10-14(20)11-9-13)19-23-16(2,3)17(4,5)24-19/h4*8-11H,7,12H2,1-6H3/t4*18-/m1111/s1. The number of ether oxygens (including phenoxy) is 4. The minimum atomic E-state index is -0.641. The van der Waals surface area contributed by atoms with Crippen LogP contribution < -0.4 is 0 Å². The number of halogens is 4. The lowest BCUT2D eigenvalue weighted by Crippen LogP contribution is -2.45. The Balaban J connectivity index is 0.000000231. The number of benzene rings is 4. The van der Waals surface area contributed by atoms with Gasteiger partial charge in [-0.25, -0.2) is 0 Å². The molecular formula is C72H104B4Br4O16. The third kappa shape index (κ3) is 19.6. The molecule has 4 aromatic carbocycles. The first-order valence-corrected chi connectivity index (χ1v) is 36.3. The lowest BCUT2D eigenvalue weighted by molar-refractivity contribution is -0.145. The van der Waals surface area contributed by atoms with Crippen molar-refractivity contribution >= 4 is 116 Å². The maximum absolute atomic E-state index is 12.2. The molecule has 0 spiro atoms. The summed E-state index contributed by atoms with van der Waals surface area (Å²) in [5.74, 6) is -1.01. The second-order valence-electron chi connectivity index (χ2n) is 30.0. The minimum absolute atomic E-state index is 0.194. The Morgan fingerprint density at radius 1 is 0.292 bits per heavy atom. The molecule has 0 N–H and O–H groups in total. The molecule has 0 aromatic heterocycles. The fourth-order valence-corrected chi connectivity index (χ4v) is 12.1. The van der Waals surface area contributed by atoms with E-state index in [4.69, 9.17) is 56.2 Å². The Morgan fingerprint density at radius 2 is 0.417 bits per heavy atom. The van der Waals surface area contributed by atoms with Gasteiger partial charge in [0.25, 0.3) is 0 Å². The Morgan fingerprint density at radius 3 is 0.531 bits per heavy atom. The molecule has 16 nitrogen and oxygen atoms in total. The van der Waals surface area contributed by atoms with Crippen LogP contribution in [0.2, 0.25) is 0 Å². The number of hydrogen-bond donors (Lipinski definition) is 0. The number of carbonyl (C=O) groups is 4. The van der Waals surface area contributed by atoms with Crippen LogP contribution in [0.4, 0.5) is 0 Å². The number of hydrogen-bond acceptors (Lipinski definition) is 16. The van der Waals surface area contributed by atoms with E-state index in [9.17, 15) is 19.2 Å². The Labute approximate surface area is 608 Å². The van der Waals surface area contributed by atoms with E-state index < -0.39 is 94.5 Å². The zero-order valence-corrected chi connectivity index (χ0v) is 67.6. The second-order valence-corrected chi connectivity index (χ2v) is 33.6. The van der Waals surface area contributed by atoms with Gasteiger partial charge in [0.15, 0.2) is 0 Å². The molecule has 4 saturated heterocycles. The zero-order chi connectivity index (χ0) is 72.7. The maximum atomic E-state index is 12.2. The summed E-state index contributed by atoms with van der Waals surface area (Å²) in [5.41, 5.74) is 0.291. The van der Waals surface area contributed by atoms with Crippen LogP contribution in [-0.4, -0.2) is 124 Å². The van der Waals surface area contributed by atoms with Crippen LogP contribution in [0.25, 0.3) is 0 Å². The van der Waals surface area contributed by atoms with Crippen molar-refractivity contribution in [2.45, 2.75) is 258 Å². The summed E-state index contributed by atoms with van der Waals surface area (Å²) < 4.78 is 74.7. The molecule has 4 aliphatic rings. The molecule has 0 bridgehead atoms. The molecule has 8 rings (SSSR count). The first kappa shape index (κ1) is 83.3. The van der Waals surface area contributed by atoms with Crippen molar-refractivity contribution < 1.29 is 75.4 Å². The van der Waals surface area contributed by atoms with Gasteiger partial charge in [-0.15, -0.1) is 0 Å². The van der Waals surface area contributed by atoms with Crippen molar-refractivity contribution in [1.29, 1.82) is 0 Å². The second kappa shape index (κ2) is 32.3. The van der Waals surface area contributed by atoms with Gasteiger partial charge in [0.1, 0.15) is 0 Å². The number of rotatable bonds is 20. The number of carbonyl (C=O) groups excluding carboxylic acids is 4. The van der Waals surface area contributed by atoms with E-state index in [0.717, 1.165) is 40.1 Å². The first-order chi connectivity index (χ1) is 44.1. The van der Waals surface area contributed by atoms with Gasteiger partial charge in [-0.1, -0.05) is 140 Å². The minimum Gasteiger partial charge on any atom is -0.466 e. The van der Waals surface area contributed by atoms with Gasteiger partial charge in [-0.3, -0.25) is 19.2 Å². The van der Waals surface area contributed by atoms with E-state index in [0.29, 0.717) is 26.4 Å². The monoisotopic (exact) mass is 1580 g/mol. The van der Waals surface area contributed by atoms with E-state index in [1.807, 2.05) is 263 Å². The molecule has 96 heavy (non-hydrogen) atoms. The van der Waals surface area contributed by atoms with Crippen LogP contribution in [0.1, 0.15) is 214 Å². The van der Waals surface area contributed by atoms with Crippen molar-refractivity contribution in [2.24, 2.45) is 0 Å². The molecule has 24 heteroatoms. The van der Waals surface area contributed by atoms with Crippen molar-refractivity contribution in [3.05, 3.63) is 137 Å². The van der Waals surface area contributed by atoms with Crippen molar-refractivity contribution in [3.8, 4) is 0 Å². The van der Waals surface area contributed by atoms with Gasteiger partial charge in [0, 0.05) is 39.1 Å². The van der Waals surface area contributed by atoms with E-state index in [1.54, 1.807) is 0 Å². The fraction of sp³-hybridized carbons (Fsp3) is 0.611. The van der Waals surface area contributed by atoms with E-state index >= 15 is 0 Å². The quantitative estimate of drug-likeness (QED) is 0.0463. The third-order valence-corrected chi connectivity index (χ3v) is 22.5. The predicted molar refractivity (Wildman–Crippen MR) is 395 cm³/mol. The normalized spacial score (nSPS) is 21.4. The summed E-state index contributed by atoms with van der Waals surface area (Å²) in [7, 11) is -2.14. The van der Waals surface area contributed by atoms with Gasteiger partial charge in [-0.05, 0) is 209 Å². The lowest BCUT2D eigenvalue weighted by atomic mass is 9.53. The molecule has 0 radical (unpaired) electrons. The Hall–Kier alpha value is -3.38. The Kier molecular flexibility index (Phi) is 28.0. The van der Waals surface area contributed by atoms with E-state index in [1.165, 1.54) is 0 Å². The van der Waals surface area contributed by atoms with Crippen molar-refractivity contribution in [3.63, 3.8) is 0 Å². The molecule has 4 aromatic rings. The van der Waals surface area contributed by atoms with Crippen LogP contribution in [0.5, 0.6) is 0 Å². The largest absolute Gasteiger partial charge is 0.469 e. The van der Waals surface area contributed by atoms with Crippen LogP contribution >= 0.6 is 63.7 Å². The molecule has 0 unspecified atom stereocenters. The van der Waals surface area contributed by atoms with Crippen LogP contribution in [0.3, 0.4) is 0 Å². The van der Waals surface area contributed by atoms with Gasteiger partial charge in [0.2, 0.25) is 0 Å². The van der Waals surface area contributed by atoms with E-state index in [2.05, 4.69) is 63.7 Å². The first-order valence-electron chi connectivity index (χ1n) is 33.2. The van der Waals surface area contributed by atoms with Gasteiger partial charge in [0.05, 0.1) is 96.9 Å². The van der Waals surface area contributed by atoms with Crippen LogP contribution in [0, 0.1) is 0 Å². The highest BCUT2D eigenvalue weighted by molar-refractivity contribution is 9.11. The lowest BCUT2D eigenvalue weighted by Gasteiger charge is -2.32. The van der Waals surface area contributed by atoms with Crippen LogP contribution in [-0.2, 0) is 96.6 Å². The molecule has 4 fully saturated rings. The summed E-state index contributed by atoms with van der Waals surface area (Å²) in [6, 6.07) is 31.7. The summed E-state index contributed by atoms with van der Waals surface area (Å²) >= 11 is 13.8. The topological polar surface area (TPSA) is 179 Å². The van der Waals surface area contributed by atoms with Crippen LogP contribution in [0.15, 0.2) is 115 Å². The van der Waals surface area contributed by atoms with Gasteiger partial charge < -0.3 is 56.2 Å². The predicted octanol–water partition coefficient (Wildman–Crippen LogP) is 17.2. The highest BCUT2D eigenvalue weighted by Gasteiger charge is 2.63. The third-order valence-electron chi connectivity index (χ3n) is 20.4. The fourth-order valence-electron chi connectivity index (χ4n) is 11.1. The molecule has 4 heterocycles. The average Bonchev–Trinajstić information content (AvgIpc) is 1.60. The van der Waals surface area contributed by atoms with Crippen molar-refractivity contribution in [2.75, 3.05) is 26.4 Å². The summed E-state index contributed by atoms with van der Waals surface area (Å²) in [6.45, 7) is 48.9. The van der Waals surface area contributed by atoms with Gasteiger partial charge >= 0.3 is 52.4 Å². The molecule has 528 valence electrons. The summed E-state index contributed by atoms with van der Waals surface area (Å²) in [5, 5.41) is -2.56. The molecule has 4 aliphatic heterocycles. The zero-order valence-electron chi connectivity index (χ0n) is 61.2.